The van der Waals surface area contributed by atoms with Gasteiger partial charge >= 0.3 is 5.97 Å². The number of fused-ring (bicyclic) bond motifs is 2. The summed E-state index contributed by atoms with van der Waals surface area (Å²) in [6.45, 7) is 5.99. The monoisotopic (exact) mass is 354 g/mol. The van der Waals surface area contributed by atoms with Gasteiger partial charge in [0, 0.05) is 11.1 Å². The molecule has 5 nitrogen and oxygen atoms in total. The Labute approximate surface area is 152 Å². The van der Waals surface area contributed by atoms with Crippen molar-refractivity contribution in [3.63, 3.8) is 0 Å². The zero-order chi connectivity index (χ0) is 18.8. The number of carbonyl (C=O) groups excluding carboxylic acids is 1. The first-order valence-corrected chi connectivity index (χ1v) is 8.47. The summed E-state index contributed by atoms with van der Waals surface area (Å²) in [7, 11) is 1.50. The summed E-state index contributed by atoms with van der Waals surface area (Å²) < 4.78 is 16.8. The summed E-state index contributed by atoms with van der Waals surface area (Å²) in [5.41, 5.74) is 2.44. The predicted molar refractivity (Wildman–Crippen MR) is 98.9 cm³/mol. The second-order valence-electron chi connectivity index (χ2n) is 6.61. The van der Waals surface area contributed by atoms with Crippen LogP contribution in [0.1, 0.15) is 40.9 Å². The SMILES string of the molecule is COc1c(C=CC(C)C)ccc2c1C(=O)OCc1cc(C)cc(O)c1O2. The van der Waals surface area contributed by atoms with Crippen molar-refractivity contribution >= 4 is 12.0 Å². The highest BCUT2D eigenvalue weighted by Gasteiger charge is 2.27. The van der Waals surface area contributed by atoms with E-state index in [-0.39, 0.29) is 29.4 Å². The van der Waals surface area contributed by atoms with Crippen molar-refractivity contribution in [1.82, 2.24) is 0 Å². The van der Waals surface area contributed by atoms with Crippen molar-refractivity contribution in [2.45, 2.75) is 27.4 Å². The zero-order valence-corrected chi connectivity index (χ0v) is 15.3. The topological polar surface area (TPSA) is 65.0 Å². The second-order valence-corrected chi connectivity index (χ2v) is 6.61. The molecule has 0 aliphatic carbocycles. The van der Waals surface area contributed by atoms with Crippen molar-refractivity contribution < 1.29 is 24.1 Å². The molecule has 0 aromatic heterocycles. The fourth-order valence-electron chi connectivity index (χ4n) is 2.88. The number of esters is 1. The summed E-state index contributed by atoms with van der Waals surface area (Å²) >= 11 is 0. The van der Waals surface area contributed by atoms with Gasteiger partial charge in [-0.25, -0.2) is 4.79 Å². The van der Waals surface area contributed by atoms with Crippen molar-refractivity contribution in [3.05, 3.63) is 52.6 Å². The number of hydrogen-bond donors (Lipinski definition) is 1. The summed E-state index contributed by atoms with van der Waals surface area (Å²) in [6.07, 6.45) is 3.92. The fourth-order valence-corrected chi connectivity index (χ4v) is 2.88. The second kappa shape index (κ2) is 7.12. The van der Waals surface area contributed by atoms with Crippen LogP contribution in [0.15, 0.2) is 30.3 Å². The van der Waals surface area contributed by atoms with Crippen LogP contribution in [-0.2, 0) is 11.3 Å². The molecule has 0 saturated carbocycles. The lowest BCUT2D eigenvalue weighted by Crippen LogP contribution is -2.13. The maximum atomic E-state index is 12.6. The van der Waals surface area contributed by atoms with Gasteiger partial charge in [0.2, 0.25) is 0 Å². The van der Waals surface area contributed by atoms with Gasteiger partial charge in [0.1, 0.15) is 23.7 Å². The van der Waals surface area contributed by atoms with Gasteiger partial charge in [-0.05, 0) is 42.7 Å². The lowest BCUT2D eigenvalue weighted by molar-refractivity contribution is 0.0454. The van der Waals surface area contributed by atoms with Gasteiger partial charge < -0.3 is 19.3 Å². The first-order chi connectivity index (χ1) is 12.4. The largest absolute Gasteiger partial charge is 0.504 e. The molecule has 0 saturated heterocycles. The minimum atomic E-state index is -0.525. The molecular formula is C21H22O5. The highest BCUT2D eigenvalue weighted by molar-refractivity contribution is 5.97. The number of cyclic esters (lactones) is 1. The Kier molecular flexibility index (Phi) is 4.89. The van der Waals surface area contributed by atoms with Crippen molar-refractivity contribution in [1.29, 1.82) is 0 Å². The highest BCUT2D eigenvalue weighted by atomic mass is 16.5. The van der Waals surface area contributed by atoms with E-state index in [1.807, 2.05) is 31.2 Å². The van der Waals surface area contributed by atoms with Crippen molar-refractivity contribution in [2.75, 3.05) is 7.11 Å². The Bertz CT molecular complexity index is 880. The average molecular weight is 354 g/mol. The first kappa shape index (κ1) is 17.9. The van der Waals surface area contributed by atoms with Crippen LogP contribution in [0, 0.1) is 12.8 Å². The van der Waals surface area contributed by atoms with Crippen LogP contribution in [0.2, 0.25) is 0 Å². The number of methoxy groups -OCH3 is 1. The zero-order valence-electron chi connectivity index (χ0n) is 15.3. The van der Waals surface area contributed by atoms with Crippen LogP contribution >= 0.6 is 0 Å². The van der Waals surface area contributed by atoms with E-state index in [0.717, 1.165) is 11.1 Å². The summed E-state index contributed by atoms with van der Waals surface area (Å²) in [5, 5.41) is 10.3. The molecule has 0 radical (unpaired) electrons. The van der Waals surface area contributed by atoms with Gasteiger partial charge in [0.25, 0.3) is 0 Å². The molecule has 1 N–H and O–H groups in total. The molecule has 1 heterocycles. The number of hydrogen-bond acceptors (Lipinski definition) is 5. The summed E-state index contributed by atoms with van der Waals surface area (Å²) in [6, 6.07) is 6.94. The molecule has 2 aromatic carbocycles. The number of benzene rings is 2. The van der Waals surface area contributed by atoms with Gasteiger partial charge in [-0.3, -0.25) is 0 Å². The molecule has 26 heavy (non-hydrogen) atoms. The number of carbonyl (C=O) groups is 1. The molecule has 5 heteroatoms. The smallest absolute Gasteiger partial charge is 0.346 e. The summed E-state index contributed by atoms with van der Waals surface area (Å²) in [4.78, 5) is 12.6. The molecule has 0 amide bonds. The van der Waals surface area contributed by atoms with E-state index >= 15 is 0 Å². The number of allylic oxidation sites excluding steroid dienone is 1. The number of rotatable bonds is 3. The number of ether oxygens (including phenoxy) is 3. The lowest BCUT2D eigenvalue weighted by atomic mass is 10.0. The Morgan fingerprint density at radius 1 is 1.27 bits per heavy atom. The normalized spacial score (nSPS) is 13.5. The maximum Gasteiger partial charge on any atom is 0.346 e. The Hall–Kier alpha value is -2.95. The van der Waals surface area contributed by atoms with Gasteiger partial charge in [-0.2, -0.15) is 0 Å². The first-order valence-electron chi connectivity index (χ1n) is 8.47. The third-order valence-electron chi connectivity index (χ3n) is 4.08. The van der Waals surface area contributed by atoms with E-state index in [1.54, 1.807) is 12.1 Å². The van der Waals surface area contributed by atoms with Crippen LogP contribution in [0.3, 0.4) is 0 Å². The molecule has 0 unspecified atom stereocenters. The third-order valence-corrected chi connectivity index (χ3v) is 4.08. The van der Waals surface area contributed by atoms with Gasteiger partial charge in [0.15, 0.2) is 11.5 Å². The minimum absolute atomic E-state index is 0.00615. The van der Waals surface area contributed by atoms with Crippen LogP contribution in [0.4, 0.5) is 0 Å². The average Bonchev–Trinajstić information content (AvgIpc) is 2.58. The highest BCUT2D eigenvalue weighted by Crippen LogP contribution is 2.42. The van der Waals surface area contributed by atoms with E-state index < -0.39 is 5.97 Å². The third kappa shape index (κ3) is 3.38. The Morgan fingerprint density at radius 2 is 2.04 bits per heavy atom. The minimum Gasteiger partial charge on any atom is -0.504 e. The quantitative estimate of drug-likeness (QED) is 0.799. The molecule has 1 aliphatic heterocycles. The number of phenols is 1. The molecule has 1 aliphatic rings. The van der Waals surface area contributed by atoms with Gasteiger partial charge in [0.05, 0.1) is 7.11 Å². The number of phenolic OH excluding ortho intramolecular Hbond substituents is 1. The maximum absolute atomic E-state index is 12.6. The van der Waals surface area contributed by atoms with E-state index in [9.17, 15) is 9.90 Å². The van der Waals surface area contributed by atoms with Crippen molar-refractivity contribution in [2.24, 2.45) is 5.92 Å². The van der Waals surface area contributed by atoms with Crippen molar-refractivity contribution in [3.8, 4) is 23.0 Å². The van der Waals surface area contributed by atoms with E-state index in [2.05, 4.69) is 13.8 Å². The molecule has 0 fully saturated rings. The number of aryl methyl sites for hydroxylation is 1. The molecule has 0 atom stereocenters. The van der Waals surface area contributed by atoms with Gasteiger partial charge in [-0.15, -0.1) is 0 Å². The van der Waals surface area contributed by atoms with Crippen LogP contribution in [0.5, 0.6) is 23.0 Å². The van der Waals surface area contributed by atoms with E-state index in [0.29, 0.717) is 17.2 Å². The fraction of sp³-hybridized carbons (Fsp3) is 0.286. The van der Waals surface area contributed by atoms with E-state index in [1.165, 1.54) is 7.11 Å². The Balaban J connectivity index is 2.15. The van der Waals surface area contributed by atoms with Gasteiger partial charge in [-0.1, -0.05) is 26.0 Å². The standard InChI is InChI=1S/C21H22O5/c1-12(2)5-6-14-7-8-17-18(20(14)24-4)21(23)25-11-15-9-13(3)10-16(22)19(15)26-17/h5-10,12,22H,11H2,1-4H3. The molecule has 3 rings (SSSR count). The Morgan fingerprint density at radius 3 is 2.73 bits per heavy atom. The van der Waals surface area contributed by atoms with Crippen LogP contribution < -0.4 is 9.47 Å². The van der Waals surface area contributed by atoms with Crippen LogP contribution in [0.25, 0.3) is 6.08 Å². The molecular weight excluding hydrogens is 332 g/mol. The molecule has 136 valence electrons. The molecule has 0 bridgehead atoms. The summed E-state index contributed by atoms with van der Waals surface area (Å²) in [5.74, 6) is 0.803. The molecule has 0 spiro atoms. The molecule has 2 aromatic rings. The van der Waals surface area contributed by atoms with Crippen LogP contribution in [-0.4, -0.2) is 18.2 Å². The van der Waals surface area contributed by atoms with E-state index in [4.69, 9.17) is 14.2 Å². The lowest BCUT2D eigenvalue weighted by Gasteiger charge is -2.21. The predicted octanol–water partition coefficient (Wildman–Crippen LogP) is 4.84. The number of aromatic hydroxyl groups is 1.